The van der Waals surface area contributed by atoms with Gasteiger partial charge in [-0.15, -0.1) is 0 Å². The van der Waals surface area contributed by atoms with Crippen LogP contribution in [0, 0.1) is 0 Å². The molecule has 4 nitrogen and oxygen atoms in total. The third-order valence-electron chi connectivity index (χ3n) is 3.28. The monoisotopic (exact) mass is 287 g/mol. The van der Waals surface area contributed by atoms with Gasteiger partial charge in [-0.2, -0.15) is 13.2 Å². The van der Waals surface area contributed by atoms with Gasteiger partial charge in [-0.25, -0.2) is 4.79 Å². The number of hydrogen-bond donors (Lipinski definition) is 1. The van der Waals surface area contributed by atoms with E-state index in [1.807, 2.05) is 0 Å². The molecule has 0 saturated carbocycles. The molecule has 1 fully saturated rings. The molecule has 20 heavy (non-hydrogen) atoms. The number of aliphatic carboxylic acids is 1. The number of benzene rings is 1. The van der Waals surface area contributed by atoms with Gasteiger partial charge in [0.15, 0.2) is 0 Å². The predicted octanol–water partition coefficient (Wildman–Crippen LogP) is 2.28. The summed E-state index contributed by atoms with van der Waals surface area (Å²) >= 11 is 0. The summed E-state index contributed by atoms with van der Waals surface area (Å²) in [6, 6.07) is 3.82. The lowest BCUT2D eigenvalue weighted by molar-refractivity contribution is -0.147. The van der Waals surface area contributed by atoms with Gasteiger partial charge in [0.25, 0.3) is 0 Å². The van der Waals surface area contributed by atoms with Crippen LogP contribution in [-0.2, 0) is 22.3 Å². The minimum atomic E-state index is -4.53. The van der Waals surface area contributed by atoms with Gasteiger partial charge in [-0.05, 0) is 18.1 Å². The van der Waals surface area contributed by atoms with E-state index >= 15 is 0 Å². The van der Waals surface area contributed by atoms with Crippen molar-refractivity contribution in [1.29, 1.82) is 0 Å². The van der Waals surface area contributed by atoms with Crippen molar-refractivity contribution in [1.82, 2.24) is 4.90 Å². The standard InChI is InChI=1S/C13H12F3NO3/c14-13(15,16)9-4-2-1-3-8(9)7-17-10(12(19)20)5-6-11(17)18/h1-4,10H,5-7H2,(H,19,20)/t10-/m1/s1. The van der Waals surface area contributed by atoms with Crippen molar-refractivity contribution in [3.8, 4) is 0 Å². The first-order chi connectivity index (χ1) is 9.30. The second kappa shape index (κ2) is 5.15. The molecular weight excluding hydrogens is 275 g/mol. The molecule has 1 N–H and O–H groups in total. The van der Waals surface area contributed by atoms with Crippen molar-refractivity contribution in [2.75, 3.05) is 0 Å². The lowest BCUT2D eigenvalue weighted by Crippen LogP contribution is -2.38. The summed E-state index contributed by atoms with van der Waals surface area (Å²) in [7, 11) is 0. The maximum Gasteiger partial charge on any atom is 0.416 e. The Balaban J connectivity index is 2.30. The van der Waals surface area contributed by atoms with Gasteiger partial charge in [0.1, 0.15) is 6.04 Å². The minimum absolute atomic E-state index is 0.0468. The molecule has 1 amide bonds. The van der Waals surface area contributed by atoms with Crippen LogP contribution >= 0.6 is 0 Å². The van der Waals surface area contributed by atoms with Crippen molar-refractivity contribution in [2.24, 2.45) is 0 Å². The van der Waals surface area contributed by atoms with Gasteiger partial charge in [-0.3, -0.25) is 4.79 Å². The molecule has 0 unspecified atom stereocenters. The molecule has 1 saturated heterocycles. The summed E-state index contributed by atoms with van der Waals surface area (Å²) in [4.78, 5) is 23.6. The lowest BCUT2D eigenvalue weighted by Gasteiger charge is -2.23. The highest BCUT2D eigenvalue weighted by molar-refractivity contribution is 5.87. The smallest absolute Gasteiger partial charge is 0.416 e. The summed E-state index contributed by atoms with van der Waals surface area (Å²) in [6.45, 7) is -0.342. The zero-order valence-corrected chi connectivity index (χ0v) is 10.4. The molecule has 0 aromatic heterocycles. The highest BCUT2D eigenvalue weighted by atomic mass is 19.4. The van der Waals surface area contributed by atoms with Crippen LogP contribution in [0.5, 0.6) is 0 Å². The van der Waals surface area contributed by atoms with Crippen molar-refractivity contribution in [2.45, 2.75) is 31.6 Å². The number of carboxylic acid groups (broad SMARTS) is 1. The van der Waals surface area contributed by atoms with Crippen LogP contribution < -0.4 is 0 Å². The van der Waals surface area contributed by atoms with E-state index in [4.69, 9.17) is 5.11 Å². The number of rotatable bonds is 3. The van der Waals surface area contributed by atoms with Crippen LogP contribution in [0.2, 0.25) is 0 Å². The van der Waals surface area contributed by atoms with Gasteiger partial charge < -0.3 is 10.0 Å². The van der Waals surface area contributed by atoms with E-state index in [9.17, 15) is 22.8 Å². The number of nitrogens with zero attached hydrogens (tertiary/aromatic N) is 1. The van der Waals surface area contributed by atoms with Gasteiger partial charge in [-0.1, -0.05) is 18.2 Å². The zero-order chi connectivity index (χ0) is 14.9. The van der Waals surface area contributed by atoms with E-state index < -0.39 is 29.7 Å². The van der Waals surface area contributed by atoms with Crippen LogP contribution in [0.1, 0.15) is 24.0 Å². The van der Waals surface area contributed by atoms with E-state index in [-0.39, 0.29) is 24.9 Å². The number of carbonyl (C=O) groups is 2. The van der Waals surface area contributed by atoms with Crippen molar-refractivity contribution in [3.63, 3.8) is 0 Å². The van der Waals surface area contributed by atoms with Crippen molar-refractivity contribution in [3.05, 3.63) is 35.4 Å². The Bertz CT molecular complexity index is 542. The molecule has 7 heteroatoms. The molecule has 108 valence electrons. The summed E-state index contributed by atoms with van der Waals surface area (Å²) < 4.78 is 38.6. The number of hydrogen-bond acceptors (Lipinski definition) is 2. The second-order valence-corrected chi connectivity index (χ2v) is 4.57. The Labute approximate surface area is 112 Å². The molecule has 0 aliphatic carbocycles. The first-order valence-electron chi connectivity index (χ1n) is 5.98. The van der Waals surface area contributed by atoms with Crippen LogP contribution in [0.15, 0.2) is 24.3 Å². The Morgan fingerprint density at radius 3 is 2.60 bits per heavy atom. The number of likely N-dealkylation sites (tertiary alicyclic amines) is 1. The highest BCUT2D eigenvalue weighted by Gasteiger charge is 2.38. The van der Waals surface area contributed by atoms with Crippen LogP contribution in [0.25, 0.3) is 0 Å². The van der Waals surface area contributed by atoms with Gasteiger partial charge in [0.05, 0.1) is 5.56 Å². The topological polar surface area (TPSA) is 57.6 Å². The molecule has 1 heterocycles. The molecule has 1 aliphatic rings. The summed E-state index contributed by atoms with van der Waals surface area (Å²) in [6.07, 6.45) is -4.36. The fourth-order valence-corrected chi connectivity index (χ4v) is 2.31. The normalized spacial score (nSPS) is 19.4. The number of carboxylic acids is 1. The fraction of sp³-hybridized carbons (Fsp3) is 0.385. The zero-order valence-electron chi connectivity index (χ0n) is 10.4. The first-order valence-corrected chi connectivity index (χ1v) is 5.98. The molecule has 1 aliphatic heterocycles. The molecule has 0 radical (unpaired) electrons. The molecular formula is C13H12F3NO3. The summed E-state index contributed by atoms with van der Waals surface area (Å²) in [5.41, 5.74) is -0.940. The maximum atomic E-state index is 12.9. The Kier molecular flexibility index (Phi) is 3.69. The summed E-state index contributed by atoms with van der Waals surface area (Å²) in [5.74, 6) is -1.63. The Morgan fingerprint density at radius 2 is 2.00 bits per heavy atom. The Hall–Kier alpha value is -2.05. The number of alkyl halides is 3. The third kappa shape index (κ3) is 2.76. The number of amides is 1. The van der Waals surface area contributed by atoms with E-state index in [1.165, 1.54) is 18.2 Å². The van der Waals surface area contributed by atoms with Gasteiger partial charge >= 0.3 is 12.1 Å². The van der Waals surface area contributed by atoms with E-state index in [1.54, 1.807) is 0 Å². The minimum Gasteiger partial charge on any atom is -0.480 e. The van der Waals surface area contributed by atoms with Crippen LogP contribution in [-0.4, -0.2) is 27.9 Å². The predicted molar refractivity (Wildman–Crippen MR) is 62.7 cm³/mol. The molecule has 0 spiro atoms. The van der Waals surface area contributed by atoms with Crippen molar-refractivity contribution >= 4 is 11.9 Å². The Morgan fingerprint density at radius 1 is 1.35 bits per heavy atom. The van der Waals surface area contributed by atoms with Crippen molar-refractivity contribution < 1.29 is 27.9 Å². The average molecular weight is 287 g/mol. The quantitative estimate of drug-likeness (QED) is 0.928. The van der Waals surface area contributed by atoms with Gasteiger partial charge in [0, 0.05) is 13.0 Å². The molecule has 1 atom stereocenters. The SMILES string of the molecule is O=C(O)[C@H]1CCC(=O)N1Cc1ccccc1C(F)(F)F. The van der Waals surface area contributed by atoms with Crippen LogP contribution in [0.3, 0.4) is 0 Å². The average Bonchev–Trinajstić information content (AvgIpc) is 2.71. The second-order valence-electron chi connectivity index (χ2n) is 4.57. The lowest BCUT2D eigenvalue weighted by atomic mass is 10.1. The van der Waals surface area contributed by atoms with Crippen LogP contribution in [0.4, 0.5) is 13.2 Å². The molecule has 2 rings (SSSR count). The van der Waals surface area contributed by atoms with Gasteiger partial charge in [0.2, 0.25) is 5.91 Å². The first kappa shape index (κ1) is 14.4. The van der Waals surface area contributed by atoms with E-state index in [0.29, 0.717) is 0 Å². The van der Waals surface area contributed by atoms with E-state index in [2.05, 4.69) is 0 Å². The number of halogens is 3. The largest absolute Gasteiger partial charge is 0.480 e. The fourth-order valence-electron chi connectivity index (χ4n) is 2.31. The molecule has 1 aromatic carbocycles. The number of carbonyl (C=O) groups excluding carboxylic acids is 1. The highest BCUT2D eigenvalue weighted by Crippen LogP contribution is 2.33. The summed E-state index contributed by atoms with van der Waals surface area (Å²) in [5, 5.41) is 8.99. The third-order valence-corrected chi connectivity index (χ3v) is 3.28. The molecule has 0 bridgehead atoms. The molecule has 1 aromatic rings. The maximum absolute atomic E-state index is 12.9. The van der Waals surface area contributed by atoms with E-state index in [0.717, 1.165) is 11.0 Å².